The Morgan fingerprint density at radius 3 is 2.51 bits per heavy atom. The van der Waals surface area contributed by atoms with Crippen molar-refractivity contribution in [3.63, 3.8) is 0 Å². The Hall–Kier alpha value is -3.54. The highest BCUT2D eigenvalue weighted by Crippen LogP contribution is 2.37. The van der Waals surface area contributed by atoms with E-state index in [0.717, 1.165) is 16.7 Å². The molecule has 0 saturated carbocycles. The van der Waals surface area contributed by atoms with Crippen LogP contribution >= 0.6 is 46.4 Å². The zero-order valence-corrected chi connectivity index (χ0v) is 23.7. The fourth-order valence-corrected chi connectivity index (χ4v) is 5.08. The van der Waals surface area contributed by atoms with E-state index in [0.29, 0.717) is 67.4 Å². The number of aryl methyl sites for hydroxylation is 1. The Morgan fingerprint density at radius 2 is 1.74 bits per heavy atom. The first-order valence-corrected chi connectivity index (χ1v) is 13.2. The first-order chi connectivity index (χ1) is 18.7. The number of ether oxygens (including phenoxy) is 1. The quantitative estimate of drug-likeness (QED) is 0.187. The molecule has 39 heavy (non-hydrogen) atoms. The lowest BCUT2D eigenvalue weighted by molar-refractivity contribution is 0.477. The van der Waals surface area contributed by atoms with Gasteiger partial charge in [0.05, 0.1) is 40.9 Å². The van der Waals surface area contributed by atoms with Gasteiger partial charge < -0.3 is 9.15 Å². The molecule has 0 aliphatic heterocycles. The molecule has 0 aliphatic rings. The van der Waals surface area contributed by atoms with Crippen LogP contribution in [0.1, 0.15) is 33.8 Å². The topological polar surface area (TPSA) is 89.8 Å². The largest absolute Gasteiger partial charge is 0.455 e. The minimum atomic E-state index is 0.268. The molecule has 11 heteroatoms. The Morgan fingerprint density at radius 1 is 0.949 bits per heavy atom. The summed E-state index contributed by atoms with van der Waals surface area (Å²) in [6.07, 6.45) is 0.329. The van der Waals surface area contributed by atoms with Gasteiger partial charge in [0.2, 0.25) is 5.89 Å². The molecule has 0 fully saturated rings. The Bertz CT molecular complexity index is 1740. The van der Waals surface area contributed by atoms with E-state index in [2.05, 4.69) is 21.4 Å². The van der Waals surface area contributed by atoms with Crippen molar-refractivity contribution in [1.29, 1.82) is 5.26 Å². The van der Waals surface area contributed by atoms with Crippen LogP contribution < -0.4 is 4.74 Å². The molecule has 0 N–H and O–H groups in total. The summed E-state index contributed by atoms with van der Waals surface area (Å²) in [7, 11) is 0. The van der Waals surface area contributed by atoms with Crippen LogP contribution in [-0.2, 0) is 13.0 Å². The molecular formula is C28H19Cl4N5O2. The van der Waals surface area contributed by atoms with Crippen molar-refractivity contribution in [2.75, 3.05) is 0 Å². The van der Waals surface area contributed by atoms with E-state index in [1.165, 1.54) is 0 Å². The molecule has 7 nitrogen and oxygen atoms in total. The molecule has 5 rings (SSSR count). The third-order valence-corrected chi connectivity index (χ3v) is 7.32. The number of halogens is 4. The van der Waals surface area contributed by atoms with Crippen LogP contribution in [0.5, 0.6) is 11.5 Å². The summed E-state index contributed by atoms with van der Waals surface area (Å²) < 4.78 is 13.7. The number of rotatable bonds is 7. The second-order valence-corrected chi connectivity index (χ2v) is 10.3. The molecule has 0 aliphatic carbocycles. The van der Waals surface area contributed by atoms with Gasteiger partial charge >= 0.3 is 0 Å². The predicted octanol–water partition coefficient (Wildman–Crippen LogP) is 8.47. The van der Waals surface area contributed by atoms with Crippen LogP contribution in [0.4, 0.5) is 0 Å². The highest BCUT2D eigenvalue weighted by atomic mass is 35.5. The molecule has 0 atom stereocenters. The first-order valence-electron chi connectivity index (χ1n) is 11.7. The van der Waals surface area contributed by atoms with Crippen molar-refractivity contribution >= 4 is 46.4 Å². The number of nitrogens with zero attached hydrogens (tertiary/aromatic N) is 5. The molecule has 0 spiro atoms. The van der Waals surface area contributed by atoms with Crippen LogP contribution in [0.25, 0.3) is 11.5 Å². The van der Waals surface area contributed by atoms with Gasteiger partial charge in [0.15, 0.2) is 0 Å². The van der Waals surface area contributed by atoms with Crippen LogP contribution in [0.2, 0.25) is 20.2 Å². The Labute approximate surface area is 244 Å². The van der Waals surface area contributed by atoms with Crippen LogP contribution in [-0.4, -0.2) is 20.0 Å². The van der Waals surface area contributed by atoms with Gasteiger partial charge in [-0.3, -0.25) is 0 Å². The predicted molar refractivity (Wildman–Crippen MR) is 151 cm³/mol. The molecule has 0 unspecified atom stereocenters. The number of nitriles is 1. The zero-order valence-electron chi connectivity index (χ0n) is 20.7. The van der Waals surface area contributed by atoms with Gasteiger partial charge in [-0.25, -0.2) is 4.68 Å². The van der Waals surface area contributed by atoms with E-state index in [9.17, 15) is 5.26 Å². The van der Waals surface area contributed by atoms with Gasteiger partial charge in [-0.15, -0.1) is 10.2 Å². The minimum absolute atomic E-state index is 0.268. The van der Waals surface area contributed by atoms with Crippen molar-refractivity contribution in [2.45, 2.75) is 26.8 Å². The lowest BCUT2D eigenvalue weighted by Crippen LogP contribution is -2.02. The normalized spacial score (nSPS) is 11.0. The summed E-state index contributed by atoms with van der Waals surface area (Å²) in [6.45, 7) is 4.10. The van der Waals surface area contributed by atoms with Crippen molar-refractivity contribution in [1.82, 2.24) is 20.0 Å². The van der Waals surface area contributed by atoms with Crippen LogP contribution in [0.3, 0.4) is 0 Å². The lowest BCUT2D eigenvalue weighted by Gasteiger charge is -2.14. The summed E-state index contributed by atoms with van der Waals surface area (Å²) in [4.78, 5) is 0. The lowest BCUT2D eigenvalue weighted by atomic mass is 10.0. The van der Waals surface area contributed by atoms with E-state index in [1.54, 1.807) is 28.9 Å². The monoisotopic (exact) mass is 597 g/mol. The standard InChI is InChI=1S/C28H19Cl4N5O2/c1-15-18(7-8-23(31)26(15)38-21-10-17(13-33)9-20(29)12-21)11-24-34-35-28(39-24)25-16(2)36-37(27(25)32)14-19-5-3-4-6-22(19)30/h3-10,12H,11,14H2,1-2H3. The Kier molecular flexibility index (Phi) is 7.83. The van der Waals surface area contributed by atoms with Gasteiger partial charge in [0.1, 0.15) is 16.7 Å². The molecule has 0 bridgehead atoms. The molecule has 196 valence electrons. The average Bonchev–Trinajstić information content (AvgIpc) is 3.47. The van der Waals surface area contributed by atoms with Crippen molar-refractivity contribution < 1.29 is 9.15 Å². The molecule has 5 aromatic rings. The summed E-state index contributed by atoms with van der Waals surface area (Å²) >= 11 is 25.6. The molecule has 2 aromatic heterocycles. The average molecular weight is 599 g/mol. The van der Waals surface area contributed by atoms with Gasteiger partial charge in [-0.1, -0.05) is 70.7 Å². The van der Waals surface area contributed by atoms with Crippen LogP contribution in [0, 0.1) is 25.2 Å². The summed E-state index contributed by atoms with van der Waals surface area (Å²) in [6, 6.07) is 17.9. The molecular weight excluding hydrogens is 580 g/mol. The molecule has 0 radical (unpaired) electrons. The van der Waals surface area contributed by atoms with E-state index in [-0.39, 0.29) is 5.89 Å². The van der Waals surface area contributed by atoms with E-state index in [4.69, 9.17) is 55.6 Å². The third kappa shape index (κ3) is 5.75. The molecule has 0 saturated heterocycles. The number of hydrogen-bond donors (Lipinski definition) is 0. The maximum atomic E-state index is 9.23. The maximum Gasteiger partial charge on any atom is 0.252 e. The summed E-state index contributed by atoms with van der Waals surface area (Å²) in [5, 5.41) is 24.0. The fourth-order valence-electron chi connectivity index (χ4n) is 4.10. The van der Waals surface area contributed by atoms with E-state index >= 15 is 0 Å². The second kappa shape index (κ2) is 11.3. The smallest absolute Gasteiger partial charge is 0.252 e. The van der Waals surface area contributed by atoms with Crippen molar-refractivity contribution in [3.8, 4) is 29.0 Å². The number of aromatic nitrogens is 4. The minimum Gasteiger partial charge on any atom is -0.455 e. The number of benzene rings is 3. The van der Waals surface area contributed by atoms with Crippen LogP contribution in [0.15, 0.2) is 59.0 Å². The zero-order chi connectivity index (χ0) is 27.7. The second-order valence-electron chi connectivity index (χ2n) is 8.73. The van der Waals surface area contributed by atoms with Gasteiger partial charge in [-0.2, -0.15) is 10.4 Å². The highest BCUT2D eigenvalue weighted by Gasteiger charge is 2.22. The molecule has 2 heterocycles. The highest BCUT2D eigenvalue weighted by molar-refractivity contribution is 6.33. The first kappa shape index (κ1) is 27.0. The summed E-state index contributed by atoms with van der Waals surface area (Å²) in [5.74, 6) is 1.49. The van der Waals surface area contributed by atoms with Gasteiger partial charge in [0.25, 0.3) is 5.89 Å². The van der Waals surface area contributed by atoms with Gasteiger partial charge in [0, 0.05) is 10.0 Å². The van der Waals surface area contributed by atoms with E-state index < -0.39 is 0 Å². The number of hydrogen-bond acceptors (Lipinski definition) is 6. The Balaban J connectivity index is 1.40. The maximum absolute atomic E-state index is 9.23. The van der Waals surface area contributed by atoms with Gasteiger partial charge in [-0.05, 0) is 60.9 Å². The van der Waals surface area contributed by atoms with Crippen molar-refractivity contribution in [3.05, 3.63) is 109 Å². The summed E-state index contributed by atoms with van der Waals surface area (Å²) in [5.41, 5.74) is 4.13. The van der Waals surface area contributed by atoms with E-state index in [1.807, 2.05) is 44.2 Å². The molecule has 0 amide bonds. The fraction of sp³-hybridized carbons (Fsp3) is 0.143. The SMILES string of the molecule is Cc1nn(Cc2ccccc2Cl)c(Cl)c1-c1nnc(Cc2ccc(Cl)c(Oc3cc(Cl)cc(C#N)c3)c2C)o1. The third-order valence-electron chi connectivity index (χ3n) is 6.06. The molecule has 3 aromatic carbocycles. The van der Waals surface area contributed by atoms with Crippen molar-refractivity contribution in [2.24, 2.45) is 0 Å².